The molecule has 1 unspecified atom stereocenters. The van der Waals surface area contributed by atoms with Crippen LogP contribution in [0.1, 0.15) is 26.2 Å². The Morgan fingerprint density at radius 3 is 2.69 bits per heavy atom. The molecule has 1 aliphatic heterocycles. The van der Waals surface area contributed by atoms with Crippen LogP contribution in [-0.4, -0.2) is 66.4 Å². The molecule has 1 saturated heterocycles. The van der Waals surface area contributed by atoms with E-state index < -0.39 is 0 Å². The van der Waals surface area contributed by atoms with Gasteiger partial charge < -0.3 is 24.4 Å². The summed E-state index contributed by atoms with van der Waals surface area (Å²) in [5.74, 6) is 2.91. The maximum atomic E-state index is 5.88. The summed E-state index contributed by atoms with van der Waals surface area (Å²) in [4.78, 5) is 10.7. The summed E-state index contributed by atoms with van der Waals surface area (Å²) in [5, 5.41) is 12.9. The van der Waals surface area contributed by atoms with Crippen LogP contribution in [0.25, 0.3) is 22.5 Å². The second kappa shape index (κ2) is 10.1. The van der Waals surface area contributed by atoms with E-state index in [0.717, 1.165) is 60.3 Å². The zero-order chi connectivity index (χ0) is 24.3. The van der Waals surface area contributed by atoms with Crippen molar-refractivity contribution >= 4 is 5.82 Å². The molecular formula is C26H32N6O3. The van der Waals surface area contributed by atoms with Crippen molar-refractivity contribution < 1.29 is 14.2 Å². The van der Waals surface area contributed by atoms with Crippen molar-refractivity contribution in [1.29, 1.82) is 0 Å². The zero-order valence-electron chi connectivity index (χ0n) is 20.5. The van der Waals surface area contributed by atoms with Crippen LogP contribution in [-0.2, 0) is 4.74 Å². The van der Waals surface area contributed by atoms with Gasteiger partial charge in [0.2, 0.25) is 5.88 Å². The summed E-state index contributed by atoms with van der Waals surface area (Å²) in [7, 11) is 3.18. The predicted molar refractivity (Wildman–Crippen MR) is 134 cm³/mol. The van der Waals surface area contributed by atoms with E-state index in [0.29, 0.717) is 11.6 Å². The predicted octanol–water partition coefficient (Wildman–Crippen LogP) is 3.56. The molecule has 184 valence electrons. The number of hydrogen-bond acceptors (Lipinski definition) is 9. The maximum Gasteiger partial charge on any atom is 0.216 e. The summed E-state index contributed by atoms with van der Waals surface area (Å²) in [6.45, 7) is 5.46. The molecule has 2 fully saturated rings. The quantitative estimate of drug-likeness (QED) is 0.441. The molecule has 9 heteroatoms. The van der Waals surface area contributed by atoms with Crippen LogP contribution in [0.15, 0.2) is 42.7 Å². The van der Waals surface area contributed by atoms with Crippen LogP contribution in [0.2, 0.25) is 0 Å². The molecule has 0 bridgehead atoms. The normalized spacial score (nSPS) is 19.7. The molecule has 0 radical (unpaired) electrons. The molecule has 2 aromatic heterocycles. The van der Waals surface area contributed by atoms with Crippen molar-refractivity contribution in [2.75, 3.05) is 45.5 Å². The highest BCUT2D eigenvalue weighted by Gasteiger charge is 2.35. The fourth-order valence-corrected chi connectivity index (χ4v) is 4.40. The van der Waals surface area contributed by atoms with Crippen LogP contribution in [0, 0.1) is 5.92 Å². The number of nitrogens with zero attached hydrogens (tertiary/aromatic N) is 5. The van der Waals surface area contributed by atoms with Crippen molar-refractivity contribution in [2.45, 2.75) is 31.7 Å². The Morgan fingerprint density at radius 2 is 1.94 bits per heavy atom. The van der Waals surface area contributed by atoms with Gasteiger partial charge in [-0.3, -0.25) is 0 Å². The van der Waals surface area contributed by atoms with Crippen molar-refractivity contribution in [1.82, 2.24) is 25.5 Å². The van der Waals surface area contributed by atoms with E-state index in [-0.39, 0.29) is 12.3 Å². The molecule has 1 aliphatic carbocycles. The van der Waals surface area contributed by atoms with Gasteiger partial charge in [-0.25, -0.2) is 9.97 Å². The molecule has 1 atom stereocenters. The zero-order valence-corrected chi connectivity index (χ0v) is 20.5. The first-order chi connectivity index (χ1) is 17.1. The van der Waals surface area contributed by atoms with E-state index in [1.807, 2.05) is 30.3 Å². The number of aromatic nitrogens is 4. The van der Waals surface area contributed by atoms with Crippen molar-refractivity contribution in [2.24, 2.45) is 5.92 Å². The molecule has 0 amide bonds. The highest BCUT2D eigenvalue weighted by Crippen LogP contribution is 2.35. The Labute approximate surface area is 205 Å². The van der Waals surface area contributed by atoms with Gasteiger partial charge in [-0.2, -0.15) is 0 Å². The first kappa shape index (κ1) is 23.4. The second-order valence-corrected chi connectivity index (χ2v) is 9.54. The van der Waals surface area contributed by atoms with Crippen LogP contribution in [0.4, 0.5) is 5.82 Å². The molecule has 1 saturated carbocycles. The molecule has 9 nitrogen and oxygen atoms in total. The molecule has 1 aromatic carbocycles. The van der Waals surface area contributed by atoms with Gasteiger partial charge in [0.25, 0.3) is 0 Å². The Morgan fingerprint density at radius 1 is 1.06 bits per heavy atom. The van der Waals surface area contributed by atoms with Crippen molar-refractivity contribution in [3.05, 3.63) is 42.7 Å². The molecule has 3 aromatic rings. The summed E-state index contributed by atoms with van der Waals surface area (Å²) in [5.41, 5.74) is 3.31. The molecule has 2 aliphatic rings. The van der Waals surface area contributed by atoms with Crippen LogP contribution >= 0.6 is 0 Å². The lowest BCUT2D eigenvalue weighted by Gasteiger charge is -2.26. The van der Waals surface area contributed by atoms with Crippen LogP contribution in [0.5, 0.6) is 11.6 Å². The largest absolute Gasteiger partial charge is 0.481 e. The van der Waals surface area contributed by atoms with Gasteiger partial charge in [0.1, 0.15) is 12.1 Å². The number of benzene rings is 1. The van der Waals surface area contributed by atoms with Gasteiger partial charge in [0, 0.05) is 42.9 Å². The molecule has 3 heterocycles. The fourth-order valence-electron chi connectivity index (χ4n) is 4.40. The second-order valence-electron chi connectivity index (χ2n) is 9.54. The molecule has 1 N–H and O–H groups in total. The Kier molecular flexibility index (Phi) is 6.79. The first-order valence-electron chi connectivity index (χ1n) is 12.0. The van der Waals surface area contributed by atoms with E-state index >= 15 is 0 Å². The minimum Gasteiger partial charge on any atom is -0.481 e. The molecule has 0 spiro atoms. The summed E-state index contributed by atoms with van der Waals surface area (Å²) in [6, 6.07) is 11.7. The van der Waals surface area contributed by atoms with Gasteiger partial charge in [-0.15, -0.1) is 10.2 Å². The highest BCUT2D eigenvalue weighted by atomic mass is 16.7. The number of nitrogens with one attached hydrogen (secondary N) is 1. The lowest BCUT2D eigenvalue weighted by Crippen LogP contribution is -2.45. The third kappa shape index (κ3) is 5.52. The fraction of sp³-hybridized carbons (Fsp3) is 0.462. The summed E-state index contributed by atoms with van der Waals surface area (Å²) in [6.07, 6.45) is 5.31. The van der Waals surface area contributed by atoms with E-state index in [2.05, 4.69) is 37.3 Å². The number of anilines is 1. The standard InChI is InChI=1S/C26H32N6O3/c1-26(29-14-18-4-5-18)10-11-32(15-26)24-9-8-21(30-31-24)20-7-6-19(12-23(20)35-17-33-2)22-13-25(34-3)28-16-27-22/h6-9,12-13,16,18,29H,4-5,10-11,14-15,17H2,1-3H3. The summed E-state index contributed by atoms with van der Waals surface area (Å²) >= 11 is 0. The van der Waals surface area contributed by atoms with Crippen LogP contribution < -0.4 is 19.7 Å². The van der Waals surface area contributed by atoms with E-state index in [1.54, 1.807) is 20.3 Å². The highest BCUT2D eigenvalue weighted by molar-refractivity contribution is 5.73. The Hall–Kier alpha value is -3.30. The average molecular weight is 477 g/mol. The third-order valence-corrected chi connectivity index (χ3v) is 6.70. The smallest absolute Gasteiger partial charge is 0.216 e. The molecular weight excluding hydrogens is 444 g/mol. The van der Waals surface area contributed by atoms with Gasteiger partial charge >= 0.3 is 0 Å². The molecule has 5 rings (SSSR count). The lowest BCUT2D eigenvalue weighted by atomic mass is 10.0. The third-order valence-electron chi connectivity index (χ3n) is 6.70. The Balaban J connectivity index is 1.35. The first-order valence-corrected chi connectivity index (χ1v) is 12.0. The Bertz CT molecular complexity index is 1150. The van der Waals surface area contributed by atoms with E-state index in [1.165, 1.54) is 19.2 Å². The van der Waals surface area contributed by atoms with Gasteiger partial charge in [-0.05, 0) is 62.9 Å². The monoisotopic (exact) mass is 476 g/mol. The average Bonchev–Trinajstić information content (AvgIpc) is 3.66. The molecule has 35 heavy (non-hydrogen) atoms. The number of methoxy groups -OCH3 is 2. The maximum absolute atomic E-state index is 5.88. The SMILES string of the molecule is COCOc1cc(-c2cc(OC)ncn2)ccc1-c1ccc(N2CCC(C)(NCC3CC3)C2)nn1. The van der Waals surface area contributed by atoms with Crippen LogP contribution in [0.3, 0.4) is 0 Å². The number of rotatable bonds is 10. The van der Waals surface area contributed by atoms with Gasteiger partial charge in [0.15, 0.2) is 12.6 Å². The minimum absolute atomic E-state index is 0.120. The van der Waals surface area contributed by atoms with E-state index in [9.17, 15) is 0 Å². The van der Waals surface area contributed by atoms with E-state index in [4.69, 9.17) is 14.2 Å². The van der Waals surface area contributed by atoms with Gasteiger partial charge in [0.05, 0.1) is 18.5 Å². The number of ether oxygens (including phenoxy) is 3. The number of hydrogen-bond donors (Lipinski definition) is 1. The van der Waals surface area contributed by atoms with Crippen molar-refractivity contribution in [3.8, 4) is 34.1 Å². The lowest BCUT2D eigenvalue weighted by molar-refractivity contribution is 0.0515. The summed E-state index contributed by atoms with van der Waals surface area (Å²) < 4.78 is 16.3. The van der Waals surface area contributed by atoms with Gasteiger partial charge in [-0.1, -0.05) is 6.07 Å². The van der Waals surface area contributed by atoms with Crippen molar-refractivity contribution in [3.63, 3.8) is 0 Å². The topological polar surface area (TPSA) is 94.5 Å². The minimum atomic E-state index is 0.120.